The highest BCUT2D eigenvalue weighted by molar-refractivity contribution is 6.28. The van der Waals surface area contributed by atoms with Gasteiger partial charge < -0.3 is 22.5 Å². The van der Waals surface area contributed by atoms with Crippen molar-refractivity contribution in [2.75, 3.05) is 0 Å². The molecule has 0 aliphatic carbocycles. The van der Waals surface area contributed by atoms with E-state index in [1.165, 1.54) is 0 Å². The number of para-hydroxylation sites is 9. The molecule has 0 fully saturated rings. The molecule has 15 rings (SSSR count). The minimum absolute atomic E-state index is 0.754. The van der Waals surface area contributed by atoms with E-state index in [0.717, 1.165) is 138 Å². The van der Waals surface area contributed by atoms with Crippen molar-refractivity contribution in [3.63, 3.8) is 0 Å². The Labute approximate surface area is 406 Å². The quantitative estimate of drug-likeness (QED) is 0.165. The van der Waals surface area contributed by atoms with E-state index in [0.29, 0.717) is 0 Å². The topological polar surface area (TPSA) is 54.0 Å². The van der Waals surface area contributed by atoms with Gasteiger partial charge in [0.15, 0.2) is 11.2 Å². The molecule has 0 aliphatic rings. The molecule has 0 unspecified atom stereocenters. The van der Waals surface area contributed by atoms with Crippen LogP contribution in [0.4, 0.5) is 0 Å². The van der Waals surface area contributed by atoms with Crippen LogP contribution in [0.2, 0.25) is 0 Å². The van der Waals surface area contributed by atoms with E-state index >= 15 is 0 Å². The Morgan fingerprint density at radius 3 is 1.49 bits per heavy atom. The van der Waals surface area contributed by atoms with Gasteiger partial charge in [0.05, 0.1) is 38.6 Å². The predicted molar refractivity (Wildman–Crippen MR) is 294 cm³/mol. The smallest absolute Gasteiger partial charge is 0.152 e. The first-order valence-corrected chi connectivity index (χ1v) is 24.0. The molecule has 0 bridgehead atoms. The first-order chi connectivity index (χ1) is 35.2. The Kier molecular flexibility index (Phi) is 8.56. The van der Waals surface area contributed by atoms with E-state index in [1.807, 2.05) is 24.4 Å². The zero-order valence-corrected chi connectivity index (χ0v) is 38.2. The number of fused-ring (bicyclic) bond motifs is 15. The number of pyridine rings is 1. The molecule has 6 heteroatoms. The van der Waals surface area contributed by atoms with Gasteiger partial charge in [0.1, 0.15) is 11.2 Å². The van der Waals surface area contributed by atoms with E-state index in [4.69, 9.17) is 13.8 Å². The fraction of sp³-hybridized carbons (Fsp3) is 0. The molecule has 0 N–H and O–H groups in total. The van der Waals surface area contributed by atoms with Gasteiger partial charge in [0, 0.05) is 50.4 Å². The first kappa shape index (κ1) is 39.4. The molecule has 11 aromatic carbocycles. The van der Waals surface area contributed by atoms with E-state index in [-0.39, 0.29) is 0 Å². The predicted octanol–water partition coefficient (Wildman–Crippen LogP) is 17.5. The fourth-order valence-corrected chi connectivity index (χ4v) is 11.2. The zero-order valence-electron chi connectivity index (χ0n) is 38.2. The average Bonchev–Trinajstić information content (AvgIpc) is 3.82. The number of aromatic nitrogens is 4. The van der Waals surface area contributed by atoms with E-state index in [2.05, 4.69) is 232 Å². The summed E-state index contributed by atoms with van der Waals surface area (Å²) in [5.41, 5.74) is 15.7. The second kappa shape index (κ2) is 15.4. The second-order valence-corrected chi connectivity index (χ2v) is 18.3. The van der Waals surface area contributed by atoms with Crippen LogP contribution in [-0.4, -0.2) is 18.7 Å². The molecule has 0 amide bonds. The van der Waals surface area contributed by atoms with E-state index < -0.39 is 0 Å². The minimum Gasteiger partial charge on any atom is -0.455 e. The van der Waals surface area contributed by atoms with Gasteiger partial charge in [-0.25, -0.2) is 0 Å². The first-order valence-electron chi connectivity index (χ1n) is 24.0. The van der Waals surface area contributed by atoms with E-state index in [9.17, 15) is 0 Å². The molecule has 332 valence electrons. The van der Waals surface area contributed by atoms with Crippen LogP contribution in [0.3, 0.4) is 0 Å². The molecule has 0 atom stereocenters. The standard InChI is InChI=1S/C65H40N4O2/c1-4-18-42(19-5-1)67-55-28-11-12-29-56(55)68(43-20-6-2-7-21-43)59-38-52-48-27-17-35-66-64(48)54-40-63-60(69(44-22-8-3-9-23-44)57-30-13-15-32-62(57)70-63)39-53(54)50-36-41(33-34-46(50)51(52)37-58(59)67)45-25-16-26-49-47-24-10-14-31-61(47)71-65(45)49/h1-40H. The van der Waals surface area contributed by atoms with Crippen LogP contribution in [0.15, 0.2) is 252 Å². The summed E-state index contributed by atoms with van der Waals surface area (Å²) in [6, 6.07) is 84.4. The lowest BCUT2D eigenvalue weighted by Crippen LogP contribution is -2.08. The van der Waals surface area contributed by atoms with E-state index in [1.54, 1.807) is 0 Å². The van der Waals surface area contributed by atoms with Gasteiger partial charge in [-0.3, -0.25) is 4.98 Å². The van der Waals surface area contributed by atoms with Gasteiger partial charge in [-0.15, -0.1) is 0 Å². The summed E-state index contributed by atoms with van der Waals surface area (Å²) >= 11 is 0. The fourth-order valence-electron chi connectivity index (χ4n) is 11.2. The van der Waals surface area contributed by atoms with Crippen LogP contribution >= 0.6 is 0 Å². The molecule has 0 aliphatic heterocycles. The van der Waals surface area contributed by atoms with Crippen LogP contribution < -0.4 is 0 Å². The summed E-state index contributed by atoms with van der Waals surface area (Å²) in [4.78, 5) is 5.33. The van der Waals surface area contributed by atoms with Crippen LogP contribution in [-0.2, 0) is 0 Å². The third kappa shape index (κ3) is 5.98. The van der Waals surface area contributed by atoms with Crippen molar-refractivity contribution >= 4 is 109 Å². The van der Waals surface area contributed by atoms with Crippen molar-refractivity contribution in [3.8, 4) is 28.2 Å². The number of rotatable bonds is 4. The van der Waals surface area contributed by atoms with Gasteiger partial charge in [-0.2, -0.15) is 0 Å². The van der Waals surface area contributed by atoms with Crippen molar-refractivity contribution < 1.29 is 8.83 Å². The molecule has 4 heterocycles. The lowest BCUT2D eigenvalue weighted by atomic mass is 9.92. The molecule has 0 saturated carbocycles. The minimum atomic E-state index is 0.754. The third-order valence-electron chi connectivity index (χ3n) is 14.3. The van der Waals surface area contributed by atoms with Crippen molar-refractivity contribution in [2.45, 2.75) is 0 Å². The largest absolute Gasteiger partial charge is 0.455 e. The SMILES string of the molecule is c1ccc(-n2c3ccccc3oc3cc4c(cc32)c2cc(-c3cccc5c3oc3ccccc35)ccc2c2cc3c(cc2c2cccnc24)n(-c2ccccc2)c2ccccc2n3-c2ccccc2)cc1. The molecule has 0 radical (unpaired) electrons. The summed E-state index contributed by atoms with van der Waals surface area (Å²) in [5.74, 6) is 0. The van der Waals surface area contributed by atoms with Gasteiger partial charge in [-0.05, 0) is 136 Å². The Bertz CT molecular complexity index is 4750. The molecule has 4 aromatic heterocycles. The van der Waals surface area contributed by atoms with Crippen LogP contribution in [0.5, 0.6) is 0 Å². The molecule has 0 saturated heterocycles. The summed E-state index contributed by atoms with van der Waals surface area (Å²) in [6.45, 7) is 0. The monoisotopic (exact) mass is 908 g/mol. The number of benzene rings is 10. The van der Waals surface area contributed by atoms with Crippen LogP contribution in [0, 0.1) is 0 Å². The summed E-state index contributed by atoms with van der Waals surface area (Å²) in [6.07, 6.45) is 1.91. The van der Waals surface area contributed by atoms with Gasteiger partial charge in [-0.1, -0.05) is 133 Å². The number of hydrogen-bond acceptors (Lipinski definition) is 3. The van der Waals surface area contributed by atoms with Gasteiger partial charge >= 0.3 is 0 Å². The molecule has 6 nitrogen and oxygen atoms in total. The molecule has 71 heavy (non-hydrogen) atoms. The molecule has 15 aromatic rings. The number of nitrogens with zero attached hydrogens (tertiary/aromatic N) is 4. The maximum Gasteiger partial charge on any atom is 0.152 e. The lowest BCUT2D eigenvalue weighted by molar-refractivity contribution is 0.654. The Hall–Kier alpha value is -9.65. The van der Waals surface area contributed by atoms with Crippen molar-refractivity contribution in [3.05, 3.63) is 243 Å². The Balaban J connectivity index is 1.19. The Morgan fingerprint density at radius 1 is 0.282 bits per heavy atom. The average molecular weight is 909 g/mol. The molecule has 0 spiro atoms. The second-order valence-electron chi connectivity index (χ2n) is 18.3. The van der Waals surface area contributed by atoms with Crippen LogP contribution in [0.25, 0.3) is 138 Å². The molecular weight excluding hydrogens is 869 g/mol. The maximum atomic E-state index is 6.94. The molecular formula is C65H40N4O2. The van der Waals surface area contributed by atoms with Gasteiger partial charge in [0.25, 0.3) is 0 Å². The summed E-state index contributed by atoms with van der Waals surface area (Å²) in [5, 5.41) is 9.58. The van der Waals surface area contributed by atoms with Crippen molar-refractivity contribution in [2.24, 2.45) is 0 Å². The normalized spacial score (nSPS) is 11.9. The highest BCUT2D eigenvalue weighted by atomic mass is 16.3. The maximum absolute atomic E-state index is 6.94. The lowest BCUT2D eigenvalue weighted by Gasteiger charge is -2.23. The van der Waals surface area contributed by atoms with Crippen molar-refractivity contribution in [1.82, 2.24) is 18.7 Å². The highest BCUT2D eigenvalue weighted by Gasteiger charge is 2.21. The van der Waals surface area contributed by atoms with Crippen LogP contribution in [0.1, 0.15) is 0 Å². The number of hydrogen-bond donors (Lipinski definition) is 0. The van der Waals surface area contributed by atoms with Gasteiger partial charge in [0.2, 0.25) is 0 Å². The zero-order chi connectivity index (χ0) is 46.6. The Morgan fingerprint density at radius 2 is 0.803 bits per heavy atom. The van der Waals surface area contributed by atoms with Crippen molar-refractivity contribution in [1.29, 1.82) is 0 Å². The third-order valence-corrected chi connectivity index (χ3v) is 14.3. The highest BCUT2D eigenvalue weighted by Crippen LogP contribution is 2.43. The summed E-state index contributed by atoms with van der Waals surface area (Å²) < 4.78 is 20.8. The number of furan rings is 1. The summed E-state index contributed by atoms with van der Waals surface area (Å²) in [7, 11) is 0.